The van der Waals surface area contributed by atoms with Crippen molar-refractivity contribution < 1.29 is 4.79 Å². The fourth-order valence-corrected chi connectivity index (χ4v) is 3.17. The van der Waals surface area contributed by atoms with Gasteiger partial charge in [0, 0.05) is 11.3 Å². The highest BCUT2D eigenvalue weighted by atomic mass is 79.9. The summed E-state index contributed by atoms with van der Waals surface area (Å²) in [5, 5.41) is 0. The number of fused-ring (bicyclic) bond motifs is 2. The molecule has 3 unspecified atom stereocenters. The maximum Gasteiger partial charge on any atom is 0.146 e. The monoisotopic (exact) mass is 282 g/mol. The van der Waals surface area contributed by atoms with Gasteiger partial charge < -0.3 is 0 Å². The van der Waals surface area contributed by atoms with Crippen LogP contribution in [0.4, 0.5) is 0 Å². The van der Waals surface area contributed by atoms with E-state index in [0.29, 0.717) is 5.78 Å². The Kier molecular flexibility index (Phi) is 2.90. The number of allylic oxidation sites excluding steroid dienone is 4. The van der Waals surface area contributed by atoms with Gasteiger partial charge in [-0.15, -0.1) is 0 Å². The molecule has 3 aliphatic carbocycles. The lowest BCUT2D eigenvalue weighted by Gasteiger charge is -2.52. The van der Waals surface area contributed by atoms with Crippen LogP contribution >= 0.6 is 15.9 Å². The van der Waals surface area contributed by atoms with Crippen LogP contribution in [0.1, 0.15) is 40.0 Å². The van der Waals surface area contributed by atoms with E-state index in [9.17, 15) is 4.79 Å². The Hall–Kier alpha value is -0.370. The molecule has 1 nitrogen and oxygen atoms in total. The molecule has 1 fully saturated rings. The summed E-state index contributed by atoms with van der Waals surface area (Å²) in [4.78, 5) is 12.4. The van der Waals surface area contributed by atoms with Crippen molar-refractivity contribution in [3.63, 3.8) is 0 Å². The molecule has 16 heavy (non-hydrogen) atoms. The summed E-state index contributed by atoms with van der Waals surface area (Å²) in [6.07, 6.45) is 9.57. The molecule has 0 amide bonds. The number of hydrogen-bond donors (Lipinski definition) is 0. The van der Waals surface area contributed by atoms with Crippen LogP contribution in [-0.4, -0.2) is 5.78 Å². The number of carbonyl (C=O) groups is 1. The van der Waals surface area contributed by atoms with Gasteiger partial charge in [0.25, 0.3) is 0 Å². The van der Waals surface area contributed by atoms with E-state index >= 15 is 0 Å². The van der Waals surface area contributed by atoms with E-state index in [1.165, 1.54) is 0 Å². The molecule has 3 aliphatic rings. The minimum atomic E-state index is -0.209. The van der Waals surface area contributed by atoms with Crippen LogP contribution in [-0.2, 0) is 4.79 Å². The zero-order valence-corrected chi connectivity index (χ0v) is 11.8. The van der Waals surface area contributed by atoms with Gasteiger partial charge in [0.15, 0.2) is 0 Å². The molecule has 0 aliphatic heterocycles. The highest BCUT2D eigenvalue weighted by Gasteiger charge is 2.54. The molecule has 3 rings (SSSR count). The van der Waals surface area contributed by atoms with Gasteiger partial charge in [-0.2, -0.15) is 0 Å². The third-order valence-electron chi connectivity index (χ3n) is 4.60. The fourth-order valence-electron chi connectivity index (χ4n) is 3.01. The molecule has 0 aromatic carbocycles. The predicted octanol–water partition coefficient (Wildman–Crippen LogP) is 4.24. The lowest BCUT2D eigenvalue weighted by Crippen LogP contribution is -2.52. The summed E-state index contributed by atoms with van der Waals surface area (Å²) in [6.45, 7) is 6.39. The van der Waals surface area contributed by atoms with E-state index in [4.69, 9.17) is 0 Å². The van der Waals surface area contributed by atoms with E-state index in [0.717, 1.165) is 23.7 Å². The normalized spacial score (nSPS) is 42.9. The van der Waals surface area contributed by atoms with Crippen LogP contribution in [0, 0.1) is 16.7 Å². The molecular weight excluding hydrogens is 264 g/mol. The molecule has 0 saturated heterocycles. The molecule has 0 heterocycles. The summed E-state index contributed by atoms with van der Waals surface area (Å²) in [5.74, 6) is 0.615. The zero-order chi connectivity index (χ0) is 12.0. The van der Waals surface area contributed by atoms with Gasteiger partial charge in [0.1, 0.15) is 5.78 Å². The Morgan fingerprint density at radius 3 is 2.75 bits per heavy atom. The maximum absolute atomic E-state index is 12.4. The smallest absolute Gasteiger partial charge is 0.146 e. The van der Waals surface area contributed by atoms with Crippen molar-refractivity contribution in [3.05, 3.63) is 22.7 Å². The standard InChI is InChI=1S/C14H19BrO/c1-10(15)4-9-14(3)12(16)11-5-7-13(14,2)8-6-11/h4-5,7,11H,6,8-9H2,1-3H3/b10-4+. The van der Waals surface area contributed by atoms with Gasteiger partial charge in [-0.1, -0.05) is 48.0 Å². The van der Waals surface area contributed by atoms with Gasteiger partial charge in [0.2, 0.25) is 0 Å². The Morgan fingerprint density at radius 2 is 2.31 bits per heavy atom. The van der Waals surface area contributed by atoms with Crippen LogP contribution in [0.5, 0.6) is 0 Å². The van der Waals surface area contributed by atoms with Crippen molar-refractivity contribution in [1.29, 1.82) is 0 Å². The molecule has 2 heteroatoms. The minimum Gasteiger partial charge on any atom is -0.298 e. The van der Waals surface area contributed by atoms with Crippen molar-refractivity contribution in [3.8, 4) is 0 Å². The molecule has 0 aromatic heterocycles. The van der Waals surface area contributed by atoms with Crippen molar-refractivity contribution in [2.24, 2.45) is 16.7 Å². The quantitative estimate of drug-likeness (QED) is 0.693. The van der Waals surface area contributed by atoms with E-state index < -0.39 is 0 Å². The lowest BCUT2D eigenvalue weighted by molar-refractivity contribution is -0.142. The SMILES string of the molecule is C/C(Br)=C\CC1(C)C(=O)C2C=CC1(C)CC2. The van der Waals surface area contributed by atoms with E-state index in [2.05, 4.69) is 48.0 Å². The van der Waals surface area contributed by atoms with Gasteiger partial charge in [-0.05, 0) is 36.1 Å². The Labute approximate surface area is 106 Å². The highest BCUT2D eigenvalue weighted by molar-refractivity contribution is 9.11. The van der Waals surface area contributed by atoms with Crippen LogP contribution in [0.3, 0.4) is 0 Å². The van der Waals surface area contributed by atoms with Crippen molar-refractivity contribution in [2.45, 2.75) is 40.0 Å². The largest absolute Gasteiger partial charge is 0.298 e. The topological polar surface area (TPSA) is 17.1 Å². The zero-order valence-electron chi connectivity index (χ0n) is 10.2. The summed E-state index contributed by atoms with van der Waals surface area (Å²) < 4.78 is 1.12. The second-order valence-corrected chi connectivity index (χ2v) is 6.86. The number of ketones is 1. The van der Waals surface area contributed by atoms with Crippen LogP contribution in [0.15, 0.2) is 22.7 Å². The molecule has 1 saturated carbocycles. The van der Waals surface area contributed by atoms with Crippen molar-refractivity contribution in [2.75, 3.05) is 0 Å². The number of halogens is 1. The molecule has 0 spiro atoms. The van der Waals surface area contributed by atoms with Crippen LogP contribution in [0.2, 0.25) is 0 Å². The lowest BCUT2D eigenvalue weighted by atomic mass is 9.50. The van der Waals surface area contributed by atoms with Crippen molar-refractivity contribution >= 4 is 21.7 Å². The Morgan fingerprint density at radius 1 is 1.62 bits per heavy atom. The Bertz CT molecular complexity index is 378. The summed E-state index contributed by atoms with van der Waals surface area (Å²) in [5.41, 5.74) is -0.155. The predicted molar refractivity (Wildman–Crippen MR) is 70.4 cm³/mol. The number of rotatable bonds is 2. The van der Waals surface area contributed by atoms with Crippen LogP contribution < -0.4 is 0 Å². The van der Waals surface area contributed by atoms with Gasteiger partial charge in [0.05, 0.1) is 0 Å². The second kappa shape index (κ2) is 3.83. The summed E-state index contributed by atoms with van der Waals surface area (Å²) >= 11 is 3.45. The molecule has 2 bridgehead atoms. The third-order valence-corrected chi connectivity index (χ3v) is 4.93. The molecule has 0 aromatic rings. The highest BCUT2D eigenvalue weighted by Crippen LogP contribution is 2.56. The maximum atomic E-state index is 12.4. The summed E-state index contributed by atoms with van der Waals surface area (Å²) in [7, 11) is 0. The molecule has 88 valence electrons. The van der Waals surface area contributed by atoms with Gasteiger partial charge >= 0.3 is 0 Å². The van der Waals surface area contributed by atoms with E-state index in [-0.39, 0.29) is 16.7 Å². The number of hydrogen-bond acceptors (Lipinski definition) is 1. The summed E-state index contributed by atoms with van der Waals surface area (Å²) in [6, 6.07) is 0. The van der Waals surface area contributed by atoms with E-state index in [1.807, 2.05) is 6.92 Å². The van der Waals surface area contributed by atoms with Gasteiger partial charge in [-0.3, -0.25) is 4.79 Å². The number of Topliss-reactive ketones (excluding diaryl/α,β-unsaturated/α-hetero) is 1. The first kappa shape index (κ1) is 12.1. The first-order valence-electron chi connectivity index (χ1n) is 5.95. The van der Waals surface area contributed by atoms with Gasteiger partial charge in [-0.25, -0.2) is 0 Å². The molecule has 3 atom stereocenters. The first-order valence-corrected chi connectivity index (χ1v) is 6.74. The first-order chi connectivity index (χ1) is 7.39. The van der Waals surface area contributed by atoms with E-state index in [1.54, 1.807) is 0 Å². The second-order valence-electron chi connectivity index (χ2n) is 5.61. The van der Waals surface area contributed by atoms with Crippen LogP contribution in [0.25, 0.3) is 0 Å². The third kappa shape index (κ3) is 1.62. The average molecular weight is 283 g/mol. The number of carbonyl (C=O) groups excluding carboxylic acids is 1. The minimum absolute atomic E-state index is 0.0534. The molecule has 0 radical (unpaired) electrons. The van der Waals surface area contributed by atoms with Crippen molar-refractivity contribution in [1.82, 2.24) is 0 Å². The molecule has 0 N–H and O–H groups in total. The Balaban J connectivity index is 2.36. The average Bonchev–Trinajstić information content (AvgIpc) is 2.24. The molecular formula is C14H19BrO. The fraction of sp³-hybridized carbons (Fsp3) is 0.643.